The Hall–Kier alpha value is -2.08. The molecule has 3 rings (SSSR count). The van der Waals surface area contributed by atoms with E-state index in [0.717, 1.165) is 21.2 Å². The molecule has 0 bridgehead atoms. The molecule has 3 aromatic rings. The molecule has 0 aliphatic heterocycles. The van der Waals surface area contributed by atoms with Gasteiger partial charge in [0, 0.05) is 10.5 Å². The van der Waals surface area contributed by atoms with E-state index in [9.17, 15) is 0 Å². The van der Waals surface area contributed by atoms with Crippen LogP contribution in [-0.4, -0.2) is 21.6 Å². The Morgan fingerprint density at radius 1 is 1.15 bits per heavy atom. The molecule has 0 radical (unpaired) electrons. The molecule has 0 amide bonds. The molecule has 6 heteroatoms. The third-order valence-corrected chi connectivity index (χ3v) is 3.59. The molecule has 2 N–H and O–H groups in total. The molecule has 0 atom stereocenters. The topological polar surface area (TPSA) is 66.0 Å². The van der Waals surface area contributed by atoms with Crippen molar-refractivity contribution in [2.24, 2.45) is 0 Å². The van der Waals surface area contributed by atoms with Crippen molar-refractivity contribution in [3.8, 4) is 5.88 Å². The lowest BCUT2D eigenvalue weighted by Gasteiger charge is -2.07. The number of nitrogen functional groups attached to an aromatic ring is 1. The molecule has 1 aromatic carbocycles. The van der Waals surface area contributed by atoms with Crippen molar-refractivity contribution in [1.82, 2.24) is 14.5 Å². The number of methoxy groups -OCH3 is 1. The monoisotopic (exact) mass is 332 g/mol. The predicted octanol–water partition coefficient (Wildman–Crippen LogP) is 2.83. The van der Waals surface area contributed by atoms with Crippen molar-refractivity contribution in [2.45, 2.75) is 6.54 Å². The van der Waals surface area contributed by atoms with Crippen molar-refractivity contribution in [3.63, 3.8) is 0 Å². The molecule has 0 aliphatic rings. The van der Waals surface area contributed by atoms with Gasteiger partial charge in [0.15, 0.2) is 5.65 Å². The first-order valence-corrected chi connectivity index (χ1v) is 6.88. The van der Waals surface area contributed by atoms with E-state index in [1.54, 1.807) is 13.2 Å². The van der Waals surface area contributed by atoms with E-state index in [4.69, 9.17) is 10.5 Å². The van der Waals surface area contributed by atoms with E-state index >= 15 is 0 Å². The van der Waals surface area contributed by atoms with Gasteiger partial charge in [-0.25, -0.2) is 4.98 Å². The second-order valence-electron chi connectivity index (χ2n) is 4.38. The highest BCUT2D eigenvalue weighted by atomic mass is 79.9. The summed E-state index contributed by atoms with van der Waals surface area (Å²) in [5.74, 6) is 0.998. The Balaban J connectivity index is 2.05. The SMILES string of the molecule is COc1ccc2nc(N)n(Cc3ccc(Br)cc3)c2n1. The number of hydrogen-bond donors (Lipinski definition) is 1. The molecule has 20 heavy (non-hydrogen) atoms. The van der Waals surface area contributed by atoms with E-state index < -0.39 is 0 Å². The number of hydrogen-bond acceptors (Lipinski definition) is 4. The van der Waals surface area contributed by atoms with Crippen LogP contribution >= 0.6 is 15.9 Å². The molecule has 5 nitrogen and oxygen atoms in total. The van der Waals surface area contributed by atoms with Crippen molar-refractivity contribution >= 4 is 33.0 Å². The maximum atomic E-state index is 5.98. The van der Waals surface area contributed by atoms with Crippen molar-refractivity contribution in [2.75, 3.05) is 12.8 Å². The fourth-order valence-electron chi connectivity index (χ4n) is 2.04. The summed E-state index contributed by atoms with van der Waals surface area (Å²) in [6.45, 7) is 0.621. The molecular weight excluding hydrogens is 320 g/mol. The van der Waals surface area contributed by atoms with E-state index in [-0.39, 0.29) is 0 Å². The molecule has 0 saturated carbocycles. The van der Waals surface area contributed by atoms with Gasteiger partial charge in [0.05, 0.1) is 13.7 Å². The second kappa shape index (κ2) is 5.13. The molecule has 0 aliphatic carbocycles. The molecule has 0 saturated heterocycles. The zero-order chi connectivity index (χ0) is 14.1. The summed E-state index contributed by atoms with van der Waals surface area (Å²) in [5.41, 5.74) is 8.60. The molecule has 0 spiro atoms. The molecular formula is C14H13BrN4O. The number of fused-ring (bicyclic) bond motifs is 1. The zero-order valence-corrected chi connectivity index (χ0v) is 12.5. The average molecular weight is 333 g/mol. The summed E-state index contributed by atoms with van der Waals surface area (Å²) < 4.78 is 8.08. The van der Waals surface area contributed by atoms with Crippen LogP contribution in [0, 0.1) is 0 Å². The summed E-state index contributed by atoms with van der Waals surface area (Å²) >= 11 is 3.42. The lowest BCUT2D eigenvalue weighted by molar-refractivity contribution is 0.399. The van der Waals surface area contributed by atoms with Crippen molar-refractivity contribution < 1.29 is 4.74 Å². The van der Waals surface area contributed by atoms with Gasteiger partial charge >= 0.3 is 0 Å². The Labute approximate surface area is 124 Å². The maximum Gasteiger partial charge on any atom is 0.215 e. The average Bonchev–Trinajstić information content (AvgIpc) is 2.77. The third kappa shape index (κ3) is 2.34. The first-order chi connectivity index (χ1) is 9.67. The summed E-state index contributed by atoms with van der Waals surface area (Å²) in [6.07, 6.45) is 0. The highest BCUT2D eigenvalue weighted by Gasteiger charge is 2.11. The van der Waals surface area contributed by atoms with Gasteiger partial charge in [0.1, 0.15) is 5.52 Å². The van der Waals surface area contributed by atoms with Crippen LogP contribution in [0.4, 0.5) is 5.95 Å². The zero-order valence-electron chi connectivity index (χ0n) is 10.9. The number of imidazole rings is 1. The maximum absolute atomic E-state index is 5.98. The summed E-state index contributed by atoms with van der Waals surface area (Å²) in [7, 11) is 1.59. The van der Waals surface area contributed by atoms with Gasteiger partial charge < -0.3 is 10.5 Å². The van der Waals surface area contributed by atoms with Gasteiger partial charge in [-0.3, -0.25) is 4.57 Å². The van der Waals surface area contributed by atoms with Gasteiger partial charge in [-0.1, -0.05) is 28.1 Å². The van der Waals surface area contributed by atoms with Crippen LogP contribution in [0.25, 0.3) is 11.2 Å². The minimum absolute atomic E-state index is 0.448. The number of ether oxygens (including phenoxy) is 1. The smallest absolute Gasteiger partial charge is 0.215 e. The first-order valence-electron chi connectivity index (χ1n) is 6.08. The Kier molecular flexibility index (Phi) is 3.31. The largest absolute Gasteiger partial charge is 0.481 e. The van der Waals surface area contributed by atoms with Crippen LogP contribution in [0.15, 0.2) is 40.9 Å². The third-order valence-electron chi connectivity index (χ3n) is 3.06. The summed E-state index contributed by atoms with van der Waals surface area (Å²) in [4.78, 5) is 8.73. The van der Waals surface area contributed by atoms with Crippen LogP contribution in [-0.2, 0) is 6.54 Å². The number of rotatable bonds is 3. The number of halogens is 1. The highest BCUT2D eigenvalue weighted by Crippen LogP contribution is 2.21. The molecule has 0 fully saturated rings. The number of pyridine rings is 1. The fourth-order valence-corrected chi connectivity index (χ4v) is 2.31. The highest BCUT2D eigenvalue weighted by molar-refractivity contribution is 9.10. The normalized spacial score (nSPS) is 10.9. The predicted molar refractivity (Wildman–Crippen MR) is 81.7 cm³/mol. The second-order valence-corrected chi connectivity index (χ2v) is 5.29. The van der Waals surface area contributed by atoms with Crippen LogP contribution in [0.3, 0.4) is 0 Å². The lowest BCUT2D eigenvalue weighted by Crippen LogP contribution is -2.05. The van der Waals surface area contributed by atoms with E-state index in [1.807, 2.05) is 34.9 Å². The molecule has 2 heterocycles. The fraction of sp³-hybridized carbons (Fsp3) is 0.143. The number of nitrogens with two attached hydrogens (primary N) is 1. The minimum atomic E-state index is 0.448. The number of aromatic nitrogens is 3. The number of nitrogens with zero attached hydrogens (tertiary/aromatic N) is 3. The van der Waals surface area contributed by atoms with Gasteiger partial charge in [0.2, 0.25) is 11.8 Å². The molecule has 0 unspecified atom stereocenters. The first kappa shape index (κ1) is 12.9. The Bertz CT molecular complexity index is 752. The van der Waals surface area contributed by atoms with E-state index in [1.165, 1.54) is 0 Å². The van der Waals surface area contributed by atoms with Crippen LogP contribution < -0.4 is 10.5 Å². The lowest BCUT2D eigenvalue weighted by atomic mass is 10.2. The number of benzene rings is 1. The van der Waals surface area contributed by atoms with Gasteiger partial charge in [0.25, 0.3) is 0 Å². The minimum Gasteiger partial charge on any atom is -0.481 e. The Morgan fingerprint density at radius 2 is 1.90 bits per heavy atom. The molecule has 2 aromatic heterocycles. The summed E-state index contributed by atoms with van der Waals surface area (Å²) in [6, 6.07) is 11.7. The number of anilines is 1. The Morgan fingerprint density at radius 3 is 2.60 bits per heavy atom. The van der Waals surface area contributed by atoms with Gasteiger partial charge in [-0.15, -0.1) is 0 Å². The van der Waals surface area contributed by atoms with Crippen molar-refractivity contribution in [3.05, 3.63) is 46.4 Å². The van der Waals surface area contributed by atoms with Crippen LogP contribution in [0.5, 0.6) is 5.88 Å². The quantitative estimate of drug-likeness (QED) is 0.800. The van der Waals surface area contributed by atoms with E-state index in [0.29, 0.717) is 18.4 Å². The van der Waals surface area contributed by atoms with Crippen molar-refractivity contribution in [1.29, 1.82) is 0 Å². The molecule has 102 valence electrons. The van der Waals surface area contributed by atoms with Crippen LogP contribution in [0.1, 0.15) is 5.56 Å². The van der Waals surface area contributed by atoms with E-state index in [2.05, 4.69) is 25.9 Å². The van der Waals surface area contributed by atoms with Crippen LogP contribution in [0.2, 0.25) is 0 Å². The standard InChI is InChI=1S/C14H13BrN4O/c1-20-12-7-6-11-13(18-12)19(14(16)17-11)8-9-2-4-10(15)5-3-9/h2-7H,8H2,1H3,(H2,16,17). The summed E-state index contributed by atoms with van der Waals surface area (Å²) in [5, 5.41) is 0. The van der Waals surface area contributed by atoms with Gasteiger partial charge in [-0.05, 0) is 23.8 Å². The van der Waals surface area contributed by atoms with Gasteiger partial charge in [-0.2, -0.15) is 4.98 Å².